The highest BCUT2D eigenvalue weighted by Crippen LogP contribution is 2.18. The van der Waals surface area contributed by atoms with Crippen molar-refractivity contribution in [2.45, 2.75) is 38.6 Å². The van der Waals surface area contributed by atoms with Gasteiger partial charge in [0.1, 0.15) is 0 Å². The molecular weight excluding hydrogens is 352 g/mol. The molecule has 5 heteroatoms. The van der Waals surface area contributed by atoms with Crippen LogP contribution < -0.4 is 5.32 Å². The van der Waals surface area contributed by atoms with E-state index in [1.54, 1.807) is 0 Å². The molecule has 0 atom stereocenters. The van der Waals surface area contributed by atoms with E-state index in [-0.39, 0.29) is 18.3 Å². The first kappa shape index (κ1) is 18.5. The molecule has 0 unspecified atom stereocenters. The van der Waals surface area contributed by atoms with Gasteiger partial charge in [0.05, 0.1) is 0 Å². The van der Waals surface area contributed by atoms with Gasteiger partial charge in [-0.25, -0.2) is 0 Å². The predicted molar refractivity (Wildman–Crippen MR) is 93.1 cm³/mol. The lowest BCUT2D eigenvalue weighted by Crippen LogP contribution is -2.44. The number of halogens is 2. The van der Waals surface area contributed by atoms with Crippen LogP contribution in [0.3, 0.4) is 0 Å². The Balaban J connectivity index is 0.00000220. The van der Waals surface area contributed by atoms with Gasteiger partial charge in [-0.3, -0.25) is 4.79 Å². The molecule has 1 heterocycles. The van der Waals surface area contributed by atoms with Crippen molar-refractivity contribution in [3.63, 3.8) is 0 Å². The number of benzene rings is 1. The molecule has 118 valence electrons. The second-order valence-electron chi connectivity index (χ2n) is 5.57. The molecule has 0 spiro atoms. The van der Waals surface area contributed by atoms with Gasteiger partial charge in [-0.15, -0.1) is 12.4 Å². The van der Waals surface area contributed by atoms with Crippen LogP contribution in [0.2, 0.25) is 0 Å². The van der Waals surface area contributed by atoms with Crippen molar-refractivity contribution in [3.8, 4) is 0 Å². The Morgan fingerprint density at radius 3 is 2.67 bits per heavy atom. The van der Waals surface area contributed by atoms with Crippen LogP contribution in [0, 0.1) is 6.92 Å². The zero-order valence-electron chi connectivity index (χ0n) is 12.7. The number of nitrogens with zero attached hydrogens (tertiary/aromatic N) is 1. The summed E-state index contributed by atoms with van der Waals surface area (Å²) in [5.74, 6) is 0.262. The van der Waals surface area contributed by atoms with Crippen LogP contribution >= 0.6 is 28.3 Å². The summed E-state index contributed by atoms with van der Waals surface area (Å²) in [6.07, 6.45) is 3.56. The number of piperidine rings is 1. The summed E-state index contributed by atoms with van der Waals surface area (Å²) in [5, 5.41) is 3.34. The average Bonchev–Trinajstić information content (AvgIpc) is 2.48. The van der Waals surface area contributed by atoms with Crippen molar-refractivity contribution in [2.24, 2.45) is 0 Å². The Morgan fingerprint density at radius 2 is 2.05 bits per heavy atom. The summed E-state index contributed by atoms with van der Waals surface area (Å²) in [7, 11) is 1.95. The van der Waals surface area contributed by atoms with Crippen LogP contribution in [0.4, 0.5) is 0 Å². The minimum atomic E-state index is 0. The molecule has 1 saturated heterocycles. The van der Waals surface area contributed by atoms with Crippen LogP contribution in [-0.4, -0.2) is 37.0 Å². The summed E-state index contributed by atoms with van der Waals surface area (Å²) in [5.41, 5.74) is 2.46. The molecule has 0 bridgehead atoms. The fraction of sp³-hybridized carbons (Fsp3) is 0.562. The third-order valence-corrected chi connectivity index (χ3v) is 4.99. The molecule has 0 radical (unpaired) electrons. The topological polar surface area (TPSA) is 32.3 Å². The van der Waals surface area contributed by atoms with Crippen molar-refractivity contribution in [1.82, 2.24) is 10.2 Å². The molecule has 2 rings (SSSR count). The van der Waals surface area contributed by atoms with Gasteiger partial charge in [0.15, 0.2) is 0 Å². The third-order valence-electron chi connectivity index (χ3n) is 4.10. The zero-order chi connectivity index (χ0) is 14.5. The Morgan fingerprint density at radius 1 is 1.38 bits per heavy atom. The van der Waals surface area contributed by atoms with E-state index in [1.807, 2.05) is 11.9 Å². The maximum Gasteiger partial charge on any atom is 0.222 e. The van der Waals surface area contributed by atoms with Gasteiger partial charge in [-0.2, -0.15) is 0 Å². The first-order chi connectivity index (χ1) is 9.58. The molecule has 0 saturated carbocycles. The Kier molecular flexibility index (Phi) is 7.71. The number of amides is 1. The Bertz CT molecular complexity index is 475. The number of hydrogen-bond donors (Lipinski definition) is 1. The van der Waals surface area contributed by atoms with Crippen molar-refractivity contribution in [1.29, 1.82) is 0 Å². The third kappa shape index (κ3) is 5.28. The van der Waals surface area contributed by atoms with E-state index >= 15 is 0 Å². The molecule has 1 amide bonds. The summed E-state index contributed by atoms with van der Waals surface area (Å²) in [4.78, 5) is 14.2. The normalized spacial score (nSPS) is 15.4. The highest BCUT2D eigenvalue weighted by atomic mass is 79.9. The monoisotopic (exact) mass is 374 g/mol. The molecule has 1 aliphatic heterocycles. The van der Waals surface area contributed by atoms with Gasteiger partial charge in [-0.1, -0.05) is 28.1 Å². The number of carbonyl (C=O) groups is 1. The second kappa shape index (κ2) is 8.76. The predicted octanol–water partition coefficient (Wildman–Crippen LogP) is 3.32. The van der Waals surface area contributed by atoms with Gasteiger partial charge in [0.25, 0.3) is 0 Å². The summed E-state index contributed by atoms with van der Waals surface area (Å²) in [6, 6.07) is 6.72. The first-order valence-corrected chi connectivity index (χ1v) is 8.08. The highest BCUT2D eigenvalue weighted by molar-refractivity contribution is 9.10. The van der Waals surface area contributed by atoms with E-state index in [9.17, 15) is 4.79 Å². The van der Waals surface area contributed by atoms with Crippen LogP contribution in [0.25, 0.3) is 0 Å². The van der Waals surface area contributed by atoms with Crippen molar-refractivity contribution < 1.29 is 4.79 Å². The van der Waals surface area contributed by atoms with E-state index in [0.717, 1.165) is 36.8 Å². The van der Waals surface area contributed by atoms with E-state index in [0.29, 0.717) is 12.5 Å². The van der Waals surface area contributed by atoms with Crippen molar-refractivity contribution >= 4 is 34.2 Å². The van der Waals surface area contributed by atoms with Crippen LogP contribution in [0.5, 0.6) is 0 Å². The number of aryl methyl sites for hydroxylation is 2. The molecule has 1 aromatic carbocycles. The first-order valence-electron chi connectivity index (χ1n) is 7.29. The lowest BCUT2D eigenvalue weighted by atomic mass is 10.0. The molecule has 1 aliphatic rings. The quantitative estimate of drug-likeness (QED) is 0.875. The molecule has 0 aliphatic carbocycles. The summed E-state index contributed by atoms with van der Waals surface area (Å²) in [6.45, 7) is 4.12. The zero-order valence-corrected chi connectivity index (χ0v) is 15.1. The standard InChI is InChI=1S/C16H23BrN2O.ClH/c1-12-11-13(3-5-15(12)17)4-6-16(20)19(2)14-7-9-18-10-8-14;/h3,5,11,14,18H,4,6-10H2,1-2H3;1H. The molecule has 21 heavy (non-hydrogen) atoms. The van der Waals surface area contributed by atoms with Gasteiger partial charge in [0, 0.05) is 24.0 Å². The van der Waals surface area contributed by atoms with Crippen LogP contribution in [0.1, 0.15) is 30.4 Å². The summed E-state index contributed by atoms with van der Waals surface area (Å²) >= 11 is 3.50. The molecule has 3 nitrogen and oxygen atoms in total. The van der Waals surface area contributed by atoms with Gasteiger partial charge in [-0.05, 0) is 56.5 Å². The van der Waals surface area contributed by atoms with Crippen molar-refractivity contribution in [3.05, 3.63) is 33.8 Å². The van der Waals surface area contributed by atoms with E-state index in [4.69, 9.17) is 0 Å². The lowest BCUT2D eigenvalue weighted by molar-refractivity contribution is -0.132. The minimum absolute atomic E-state index is 0. The molecule has 1 N–H and O–H groups in total. The van der Waals surface area contributed by atoms with E-state index < -0.39 is 0 Å². The van der Waals surface area contributed by atoms with Crippen LogP contribution in [-0.2, 0) is 11.2 Å². The number of nitrogens with one attached hydrogen (secondary N) is 1. The van der Waals surface area contributed by atoms with E-state index in [1.165, 1.54) is 11.1 Å². The molecular formula is C16H24BrClN2O. The largest absolute Gasteiger partial charge is 0.343 e. The molecule has 0 aromatic heterocycles. The van der Waals surface area contributed by atoms with Gasteiger partial charge >= 0.3 is 0 Å². The Labute approximate surface area is 142 Å². The number of carbonyl (C=O) groups excluding carboxylic acids is 1. The SMILES string of the molecule is Cc1cc(CCC(=O)N(C)C2CCNCC2)ccc1Br.Cl. The lowest BCUT2D eigenvalue weighted by Gasteiger charge is -2.31. The fourth-order valence-corrected chi connectivity index (χ4v) is 2.93. The molecule has 1 aromatic rings. The Hall–Kier alpha value is -0.580. The van der Waals surface area contributed by atoms with Gasteiger partial charge < -0.3 is 10.2 Å². The highest BCUT2D eigenvalue weighted by Gasteiger charge is 2.21. The van der Waals surface area contributed by atoms with E-state index in [2.05, 4.69) is 46.4 Å². The molecule has 1 fully saturated rings. The minimum Gasteiger partial charge on any atom is -0.343 e. The van der Waals surface area contributed by atoms with Crippen LogP contribution in [0.15, 0.2) is 22.7 Å². The maximum atomic E-state index is 12.3. The average molecular weight is 376 g/mol. The van der Waals surface area contributed by atoms with Crippen molar-refractivity contribution in [2.75, 3.05) is 20.1 Å². The fourth-order valence-electron chi connectivity index (χ4n) is 2.69. The maximum absolute atomic E-state index is 12.3. The smallest absolute Gasteiger partial charge is 0.222 e. The number of hydrogen-bond acceptors (Lipinski definition) is 2. The number of rotatable bonds is 4. The summed E-state index contributed by atoms with van der Waals surface area (Å²) < 4.78 is 1.12. The van der Waals surface area contributed by atoms with Gasteiger partial charge in [0.2, 0.25) is 5.91 Å². The second-order valence-corrected chi connectivity index (χ2v) is 6.42.